The Bertz CT molecular complexity index is 594. The number of benzene rings is 1. The molecule has 0 radical (unpaired) electrons. The van der Waals surface area contributed by atoms with Crippen molar-refractivity contribution in [2.24, 2.45) is 0 Å². The first-order valence-electron chi connectivity index (χ1n) is 5.61. The van der Waals surface area contributed by atoms with Crippen LogP contribution in [-0.2, 0) is 4.79 Å². The fraction of sp³-hybridized carbons (Fsp3) is 0.231. The summed E-state index contributed by atoms with van der Waals surface area (Å²) < 4.78 is 5.58. The van der Waals surface area contributed by atoms with E-state index >= 15 is 0 Å². The van der Waals surface area contributed by atoms with Gasteiger partial charge in [-0.25, -0.2) is 4.98 Å². The third-order valence-corrected chi connectivity index (χ3v) is 4.07. The zero-order valence-corrected chi connectivity index (χ0v) is 12.0. The molecule has 1 N–H and O–H groups in total. The molecule has 0 spiro atoms. The monoisotopic (exact) mass is 297 g/mol. The number of thiazole rings is 1. The van der Waals surface area contributed by atoms with Crippen LogP contribution in [0.25, 0.3) is 0 Å². The average molecular weight is 298 g/mol. The molecule has 1 atom stereocenters. The topological polar surface area (TPSA) is 59.4 Å². The van der Waals surface area contributed by atoms with Crippen LogP contribution in [0.2, 0.25) is 5.02 Å². The van der Waals surface area contributed by atoms with Crippen LogP contribution in [-0.4, -0.2) is 16.1 Å². The van der Waals surface area contributed by atoms with Gasteiger partial charge in [0.25, 0.3) is 5.19 Å². The normalized spacial score (nSPS) is 12.2. The van der Waals surface area contributed by atoms with Crippen molar-refractivity contribution in [1.82, 2.24) is 4.98 Å². The molecule has 2 aromatic rings. The number of halogens is 1. The van der Waals surface area contributed by atoms with Gasteiger partial charge in [0, 0.05) is 9.90 Å². The second-order valence-electron chi connectivity index (χ2n) is 4.05. The van der Waals surface area contributed by atoms with Crippen molar-refractivity contribution < 1.29 is 14.6 Å². The van der Waals surface area contributed by atoms with Gasteiger partial charge in [0.1, 0.15) is 5.75 Å². The van der Waals surface area contributed by atoms with Crippen LogP contribution < -0.4 is 4.74 Å². The molecule has 2 rings (SSSR count). The SMILES string of the molecule is Cc1nc(Oc2ccc(Cl)cc2)sc1C(C)C(=O)O. The van der Waals surface area contributed by atoms with E-state index in [0.29, 0.717) is 26.5 Å². The Morgan fingerprint density at radius 2 is 2.05 bits per heavy atom. The molecule has 0 amide bonds. The molecule has 1 aromatic carbocycles. The Balaban J connectivity index is 2.20. The van der Waals surface area contributed by atoms with Crippen LogP contribution in [0.4, 0.5) is 0 Å². The second-order valence-corrected chi connectivity index (χ2v) is 5.47. The summed E-state index contributed by atoms with van der Waals surface area (Å²) in [5.74, 6) is -0.836. The number of hydrogen-bond acceptors (Lipinski definition) is 4. The molecule has 0 bridgehead atoms. The summed E-state index contributed by atoms with van der Waals surface area (Å²) in [6.07, 6.45) is 0. The maximum atomic E-state index is 11.0. The van der Waals surface area contributed by atoms with E-state index in [9.17, 15) is 4.79 Å². The van der Waals surface area contributed by atoms with Crippen molar-refractivity contribution in [3.8, 4) is 10.9 Å². The lowest BCUT2D eigenvalue weighted by molar-refractivity contribution is -0.138. The minimum Gasteiger partial charge on any atom is -0.481 e. The zero-order valence-electron chi connectivity index (χ0n) is 10.4. The summed E-state index contributed by atoms with van der Waals surface area (Å²) in [5, 5.41) is 10.1. The van der Waals surface area contributed by atoms with Crippen LogP contribution in [0.5, 0.6) is 10.9 Å². The van der Waals surface area contributed by atoms with E-state index in [1.54, 1.807) is 38.1 Å². The highest BCUT2D eigenvalue weighted by Gasteiger charge is 2.21. The van der Waals surface area contributed by atoms with Crippen molar-refractivity contribution >= 4 is 28.9 Å². The van der Waals surface area contributed by atoms with E-state index in [0.717, 1.165) is 0 Å². The van der Waals surface area contributed by atoms with Gasteiger partial charge in [-0.15, -0.1) is 0 Å². The first-order valence-corrected chi connectivity index (χ1v) is 6.80. The van der Waals surface area contributed by atoms with Crippen LogP contribution in [0.15, 0.2) is 24.3 Å². The molecule has 0 saturated carbocycles. The number of hydrogen-bond donors (Lipinski definition) is 1. The van der Waals surface area contributed by atoms with E-state index in [4.69, 9.17) is 21.4 Å². The van der Waals surface area contributed by atoms with Gasteiger partial charge in [0.2, 0.25) is 0 Å². The molecule has 1 unspecified atom stereocenters. The van der Waals surface area contributed by atoms with Crippen LogP contribution in [0.3, 0.4) is 0 Å². The second kappa shape index (κ2) is 5.59. The Hall–Kier alpha value is -1.59. The Morgan fingerprint density at radius 1 is 1.42 bits per heavy atom. The number of carboxylic acid groups (broad SMARTS) is 1. The fourth-order valence-corrected chi connectivity index (χ4v) is 2.65. The predicted molar refractivity (Wildman–Crippen MR) is 74.4 cm³/mol. The number of carbonyl (C=O) groups is 1. The number of aromatic nitrogens is 1. The minimum atomic E-state index is -0.871. The van der Waals surface area contributed by atoms with Gasteiger partial charge in [0.05, 0.1) is 11.6 Å². The highest BCUT2D eigenvalue weighted by Crippen LogP contribution is 2.34. The molecule has 100 valence electrons. The van der Waals surface area contributed by atoms with Crippen molar-refractivity contribution in [2.75, 3.05) is 0 Å². The maximum absolute atomic E-state index is 11.0. The zero-order chi connectivity index (χ0) is 14.0. The molecule has 0 aliphatic rings. The average Bonchev–Trinajstić information content (AvgIpc) is 2.72. The third-order valence-electron chi connectivity index (χ3n) is 2.60. The summed E-state index contributed by atoms with van der Waals surface area (Å²) in [5.41, 5.74) is 0.684. The van der Waals surface area contributed by atoms with Gasteiger partial charge in [0.15, 0.2) is 0 Å². The number of rotatable bonds is 4. The van der Waals surface area contributed by atoms with Gasteiger partial charge in [-0.1, -0.05) is 22.9 Å². The molecule has 6 heteroatoms. The van der Waals surface area contributed by atoms with Gasteiger partial charge >= 0.3 is 5.97 Å². The van der Waals surface area contributed by atoms with E-state index in [-0.39, 0.29) is 0 Å². The first-order chi connectivity index (χ1) is 8.97. The molecular weight excluding hydrogens is 286 g/mol. The van der Waals surface area contributed by atoms with E-state index in [2.05, 4.69) is 4.98 Å². The van der Waals surface area contributed by atoms with Crippen molar-refractivity contribution in [3.05, 3.63) is 39.9 Å². The first kappa shape index (κ1) is 13.8. The van der Waals surface area contributed by atoms with E-state index in [1.807, 2.05) is 0 Å². The Labute approximate surface area is 119 Å². The molecule has 0 aliphatic heterocycles. The minimum absolute atomic E-state index is 0.433. The number of carboxylic acids is 1. The Kier molecular flexibility index (Phi) is 4.07. The lowest BCUT2D eigenvalue weighted by Gasteiger charge is -2.02. The predicted octanol–water partition coefficient (Wildman–Crippen LogP) is 4.09. The van der Waals surface area contributed by atoms with Gasteiger partial charge in [-0.05, 0) is 38.1 Å². The summed E-state index contributed by atoms with van der Waals surface area (Å²) in [6, 6.07) is 6.91. The van der Waals surface area contributed by atoms with Crippen molar-refractivity contribution in [2.45, 2.75) is 19.8 Å². The van der Waals surface area contributed by atoms with Crippen molar-refractivity contribution in [1.29, 1.82) is 0 Å². The molecule has 1 heterocycles. The summed E-state index contributed by atoms with van der Waals surface area (Å²) >= 11 is 7.03. The summed E-state index contributed by atoms with van der Waals surface area (Å²) in [7, 11) is 0. The quantitative estimate of drug-likeness (QED) is 0.923. The molecule has 0 fully saturated rings. The number of aliphatic carboxylic acids is 1. The molecule has 4 nitrogen and oxygen atoms in total. The highest BCUT2D eigenvalue weighted by molar-refractivity contribution is 7.13. The van der Waals surface area contributed by atoms with Gasteiger partial charge < -0.3 is 9.84 Å². The molecule has 1 aromatic heterocycles. The number of ether oxygens (including phenoxy) is 1. The van der Waals surface area contributed by atoms with E-state index < -0.39 is 11.9 Å². The van der Waals surface area contributed by atoms with Crippen LogP contribution in [0, 0.1) is 6.92 Å². The van der Waals surface area contributed by atoms with Crippen molar-refractivity contribution in [3.63, 3.8) is 0 Å². The fourth-order valence-electron chi connectivity index (χ4n) is 1.54. The van der Waals surface area contributed by atoms with Gasteiger partial charge in [-0.3, -0.25) is 4.79 Å². The standard InChI is InChI=1S/C13H12ClNO3S/c1-7(12(16)17)11-8(2)15-13(19-11)18-10-5-3-9(14)4-6-10/h3-7H,1-2H3,(H,16,17). The summed E-state index contributed by atoms with van der Waals surface area (Å²) in [4.78, 5) is 15.9. The largest absolute Gasteiger partial charge is 0.481 e. The summed E-state index contributed by atoms with van der Waals surface area (Å²) in [6.45, 7) is 3.41. The highest BCUT2D eigenvalue weighted by atomic mass is 35.5. The number of nitrogens with zero attached hydrogens (tertiary/aromatic N) is 1. The molecule has 19 heavy (non-hydrogen) atoms. The molecule has 0 saturated heterocycles. The van der Waals surface area contributed by atoms with Crippen LogP contribution in [0.1, 0.15) is 23.4 Å². The van der Waals surface area contributed by atoms with E-state index in [1.165, 1.54) is 11.3 Å². The third kappa shape index (κ3) is 3.24. The molecule has 0 aliphatic carbocycles. The van der Waals surface area contributed by atoms with Crippen LogP contribution >= 0.6 is 22.9 Å². The number of aryl methyl sites for hydroxylation is 1. The molecular formula is C13H12ClNO3S. The van der Waals surface area contributed by atoms with Gasteiger partial charge in [-0.2, -0.15) is 0 Å². The lowest BCUT2D eigenvalue weighted by Crippen LogP contribution is -2.06. The lowest BCUT2D eigenvalue weighted by atomic mass is 10.1. The maximum Gasteiger partial charge on any atom is 0.311 e. The smallest absolute Gasteiger partial charge is 0.311 e. The Morgan fingerprint density at radius 3 is 2.63 bits per heavy atom.